The van der Waals surface area contributed by atoms with E-state index in [4.69, 9.17) is 5.26 Å². The average Bonchev–Trinajstić information content (AvgIpc) is 2.94. The van der Waals surface area contributed by atoms with Gasteiger partial charge in [-0.3, -0.25) is 14.9 Å². The molecule has 4 amide bonds. The SMILES string of the molecule is N#Cc1cccc(C(=O)Nc2ccc(C3NC(=O)NC3=O)cc2)c1. The maximum atomic E-state index is 12.2. The molecule has 0 radical (unpaired) electrons. The van der Waals surface area contributed by atoms with Crippen LogP contribution in [-0.2, 0) is 4.79 Å². The smallest absolute Gasteiger partial charge is 0.322 e. The van der Waals surface area contributed by atoms with Crippen LogP contribution < -0.4 is 16.0 Å². The Labute approximate surface area is 137 Å². The van der Waals surface area contributed by atoms with Crippen LogP contribution >= 0.6 is 0 Å². The summed E-state index contributed by atoms with van der Waals surface area (Å²) in [7, 11) is 0. The van der Waals surface area contributed by atoms with Crippen molar-refractivity contribution in [2.45, 2.75) is 6.04 Å². The van der Waals surface area contributed by atoms with Crippen molar-refractivity contribution in [1.29, 1.82) is 5.26 Å². The third kappa shape index (κ3) is 3.08. The zero-order valence-corrected chi connectivity index (χ0v) is 12.4. The van der Waals surface area contributed by atoms with E-state index < -0.39 is 18.0 Å². The number of anilines is 1. The Morgan fingerprint density at radius 2 is 1.88 bits per heavy atom. The fourth-order valence-electron chi connectivity index (χ4n) is 2.34. The molecule has 1 saturated heterocycles. The van der Waals surface area contributed by atoms with Crippen molar-refractivity contribution in [2.75, 3.05) is 5.32 Å². The van der Waals surface area contributed by atoms with Crippen molar-refractivity contribution in [3.05, 3.63) is 65.2 Å². The van der Waals surface area contributed by atoms with Crippen LogP contribution in [0.3, 0.4) is 0 Å². The summed E-state index contributed by atoms with van der Waals surface area (Å²) in [4.78, 5) is 34.9. The van der Waals surface area contributed by atoms with Gasteiger partial charge in [-0.2, -0.15) is 5.26 Å². The first kappa shape index (κ1) is 15.2. The molecule has 118 valence electrons. The molecule has 24 heavy (non-hydrogen) atoms. The number of hydrogen-bond acceptors (Lipinski definition) is 4. The van der Waals surface area contributed by atoms with E-state index >= 15 is 0 Å². The number of carbonyl (C=O) groups is 3. The number of benzene rings is 2. The first-order valence-electron chi connectivity index (χ1n) is 7.09. The summed E-state index contributed by atoms with van der Waals surface area (Å²) in [5.41, 5.74) is 1.93. The molecule has 2 aromatic rings. The van der Waals surface area contributed by atoms with Crippen molar-refractivity contribution in [3.63, 3.8) is 0 Å². The van der Waals surface area contributed by atoms with Crippen LogP contribution in [0.15, 0.2) is 48.5 Å². The molecular formula is C17H12N4O3. The summed E-state index contributed by atoms with van der Waals surface area (Å²) in [5.74, 6) is -0.753. The Hall–Kier alpha value is -3.66. The Bertz CT molecular complexity index is 868. The van der Waals surface area contributed by atoms with Gasteiger partial charge in [0.1, 0.15) is 6.04 Å². The highest BCUT2D eigenvalue weighted by Gasteiger charge is 2.30. The normalized spacial score (nSPS) is 16.0. The number of imide groups is 1. The van der Waals surface area contributed by atoms with E-state index in [1.807, 2.05) is 6.07 Å². The van der Waals surface area contributed by atoms with Gasteiger partial charge in [0, 0.05) is 11.3 Å². The lowest BCUT2D eigenvalue weighted by Crippen LogP contribution is -2.22. The standard InChI is InChI=1S/C17H12N4O3/c18-9-10-2-1-3-12(8-10)15(22)19-13-6-4-11(5-7-13)14-16(23)21-17(24)20-14/h1-8,14H,(H,19,22)(H2,20,21,23,24). The van der Waals surface area contributed by atoms with Crippen molar-refractivity contribution < 1.29 is 14.4 Å². The van der Waals surface area contributed by atoms with Gasteiger partial charge in [0.25, 0.3) is 11.8 Å². The monoisotopic (exact) mass is 320 g/mol. The zero-order chi connectivity index (χ0) is 17.1. The quantitative estimate of drug-likeness (QED) is 0.747. The molecule has 0 aromatic heterocycles. The Morgan fingerprint density at radius 1 is 1.12 bits per heavy atom. The molecule has 1 aliphatic heterocycles. The molecular weight excluding hydrogens is 308 g/mol. The van der Waals surface area contributed by atoms with Crippen LogP contribution in [0, 0.1) is 11.3 Å². The number of hydrogen-bond donors (Lipinski definition) is 3. The highest BCUT2D eigenvalue weighted by molar-refractivity contribution is 6.05. The number of amides is 4. The van der Waals surface area contributed by atoms with Gasteiger partial charge in [0.2, 0.25) is 0 Å². The number of rotatable bonds is 3. The summed E-state index contributed by atoms with van der Waals surface area (Å²) < 4.78 is 0. The predicted molar refractivity (Wildman–Crippen MR) is 85.0 cm³/mol. The number of nitriles is 1. The molecule has 0 bridgehead atoms. The number of nitrogens with one attached hydrogen (secondary N) is 3. The lowest BCUT2D eigenvalue weighted by Gasteiger charge is -2.10. The largest absolute Gasteiger partial charge is 0.322 e. The highest BCUT2D eigenvalue weighted by atomic mass is 16.2. The summed E-state index contributed by atoms with van der Waals surface area (Å²) in [5, 5.41) is 16.2. The molecule has 2 aromatic carbocycles. The number of carbonyl (C=O) groups excluding carboxylic acids is 3. The average molecular weight is 320 g/mol. The lowest BCUT2D eigenvalue weighted by atomic mass is 10.1. The van der Waals surface area contributed by atoms with Gasteiger partial charge < -0.3 is 10.6 Å². The second kappa shape index (κ2) is 6.22. The summed E-state index contributed by atoms with van der Waals surface area (Å²) in [6, 6.07) is 13.7. The van der Waals surface area contributed by atoms with Crippen molar-refractivity contribution in [1.82, 2.24) is 10.6 Å². The van der Waals surface area contributed by atoms with Crippen molar-refractivity contribution in [2.24, 2.45) is 0 Å². The third-order valence-corrected chi connectivity index (χ3v) is 3.53. The Balaban J connectivity index is 1.72. The van der Waals surface area contributed by atoms with Gasteiger partial charge >= 0.3 is 6.03 Å². The van der Waals surface area contributed by atoms with Crippen molar-refractivity contribution >= 4 is 23.5 Å². The van der Waals surface area contributed by atoms with Gasteiger partial charge in [-0.25, -0.2) is 4.79 Å². The van der Waals surface area contributed by atoms with E-state index in [0.717, 1.165) is 0 Å². The first-order chi connectivity index (χ1) is 11.6. The minimum atomic E-state index is -0.727. The Morgan fingerprint density at radius 3 is 2.50 bits per heavy atom. The molecule has 1 atom stereocenters. The molecule has 1 unspecified atom stereocenters. The van der Waals surface area contributed by atoms with Gasteiger partial charge in [0.05, 0.1) is 11.6 Å². The lowest BCUT2D eigenvalue weighted by molar-refractivity contribution is -0.120. The summed E-state index contributed by atoms with van der Waals surface area (Å²) in [6.45, 7) is 0. The Kier molecular flexibility index (Phi) is 3.95. The minimum Gasteiger partial charge on any atom is -0.322 e. The fourth-order valence-corrected chi connectivity index (χ4v) is 2.34. The second-order valence-corrected chi connectivity index (χ2v) is 5.16. The van der Waals surface area contributed by atoms with Crippen molar-refractivity contribution in [3.8, 4) is 6.07 Å². The molecule has 0 spiro atoms. The van der Waals surface area contributed by atoms with Gasteiger partial charge in [-0.15, -0.1) is 0 Å². The minimum absolute atomic E-state index is 0.341. The highest BCUT2D eigenvalue weighted by Crippen LogP contribution is 2.19. The molecule has 7 heteroatoms. The van der Waals surface area contributed by atoms with Gasteiger partial charge in [-0.1, -0.05) is 18.2 Å². The van der Waals surface area contributed by atoms with Gasteiger partial charge in [0.15, 0.2) is 0 Å². The van der Waals surface area contributed by atoms with E-state index in [9.17, 15) is 14.4 Å². The molecule has 0 aliphatic carbocycles. The molecule has 3 N–H and O–H groups in total. The molecule has 1 heterocycles. The van der Waals surface area contributed by atoms with E-state index in [1.54, 1.807) is 42.5 Å². The molecule has 0 saturated carbocycles. The van der Waals surface area contributed by atoms with Crippen LogP contribution in [0.1, 0.15) is 27.5 Å². The predicted octanol–water partition coefficient (Wildman–Crippen LogP) is 1.69. The van der Waals surface area contributed by atoms with E-state index in [-0.39, 0.29) is 5.91 Å². The maximum Gasteiger partial charge on any atom is 0.322 e. The van der Waals surface area contributed by atoms with Gasteiger partial charge in [-0.05, 0) is 35.9 Å². The molecule has 1 aliphatic rings. The van der Waals surface area contributed by atoms with E-state index in [0.29, 0.717) is 22.4 Å². The number of nitrogens with zero attached hydrogens (tertiary/aromatic N) is 1. The number of urea groups is 1. The molecule has 1 fully saturated rings. The van der Waals surface area contributed by atoms with E-state index in [1.165, 1.54) is 6.07 Å². The summed E-state index contributed by atoms with van der Waals surface area (Å²) >= 11 is 0. The molecule has 3 rings (SSSR count). The second-order valence-electron chi connectivity index (χ2n) is 5.16. The maximum absolute atomic E-state index is 12.2. The van der Waals surface area contributed by atoms with Crippen LogP contribution in [0.5, 0.6) is 0 Å². The van der Waals surface area contributed by atoms with Crippen LogP contribution in [-0.4, -0.2) is 17.8 Å². The van der Waals surface area contributed by atoms with Crippen LogP contribution in [0.25, 0.3) is 0 Å². The van der Waals surface area contributed by atoms with Crippen LogP contribution in [0.2, 0.25) is 0 Å². The molecule has 7 nitrogen and oxygen atoms in total. The van der Waals surface area contributed by atoms with E-state index in [2.05, 4.69) is 16.0 Å². The van der Waals surface area contributed by atoms with Crippen LogP contribution in [0.4, 0.5) is 10.5 Å². The topological polar surface area (TPSA) is 111 Å². The fraction of sp³-hybridized carbons (Fsp3) is 0.0588. The summed E-state index contributed by atoms with van der Waals surface area (Å²) in [6.07, 6.45) is 0. The zero-order valence-electron chi connectivity index (χ0n) is 12.4. The first-order valence-corrected chi connectivity index (χ1v) is 7.09. The third-order valence-electron chi connectivity index (χ3n) is 3.53.